The summed E-state index contributed by atoms with van der Waals surface area (Å²) < 4.78 is 19.9. The van der Waals surface area contributed by atoms with Crippen molar-refractivity contribution >= 4 is 12.2 Å². The van der Waals surface area contributed by atoms with E-state index in [2.05, 4.69) is 10.6 Å². The summed E-state index contributed by atoms with van der Waals surface area (Å²) in [5, 5.41) is 5.94. The zero-order chi connectivity index (χ0) is 20.9. The van der Waals surface area contributed by atoms with Gasteiger partial charge in [-0.05, 0) is 69.6 Å². The van der Waals surface area contributed by atoms with Gasteiger partial charge in [0.25, 0.3) is 0 Å². The van der Waals surface area contributed by atoms with Gasteiger partial charge in [-0.25, -0.2) is 9.59 Å². The van der Waals surface area contributed by atoms with Gasteiger partial charge in [0.05, 0.1) is 13.2 Å². The van der Waals surface area contributed by atoms with Gasteiger partial charge in [0.1, 0.15) is 13.2 Å². The maximum absolute atomic E-state index is 11.7. The van der Waals surface area contributed by atoms with Gasteiger partial charge < -0.3 is 29.6 Å². The van der Waals surface area contributed by atoms with E-state index in [9.17, 15) is 9.59 Å². The monoisotopic (exact) mass is 414 g/mol. The van der Waals surface area contributed by atoms with Crippen molar-refractivity contribution in [1.82, 2.24) is 10.6 Å². The largest absolute Gasteiger partial charge is 0.447 e. The van der Waals surface area contributed by atoms with Crippen LogP contribution < -0.4 is 10.6 Å². The maximum Gasteiger partial charge on any atom is 0.407 e. The highest BCUT2D eigenvalue weighted by molar-refractivity contribution is 5.67. The van der Waals surface area contributed by atoms with Gasteiger partial charge in [0, 0.05) is 26.3 Å². The Labute approximate surface area is 174 Å². The minimum atomic E-state index is -0.336. The SMILES string of the molecule is COCCOC(=O)NC1CCC(CC2CCC(NC(=O)OCCOC)CC2)CC1. The van der Waals surface area contributed by atoms with Crippen LogP contribution in [0.25, 0.3) is 0 Å². The van der Waals surface area contributed by atoms with Gasteiger partial charge >= 0.3 is 12.2 Å². The number of alkyl carbamates (subject to hydrolysis) is 2. The van der Waals surface area contributed by atoms with Crippen molar-refractivity contribution < 1.29 is 28.5 Å². The number of carbonyl (C=O) groups is 2. The highest BCUT2D eigenvalue weighted by atomic mass is 16.6. The number of ether oxygens (including phenoxy) is 4. The van der Waals surface area contributed by atoms with E-state index in [1.165, 1.54) is 6.42 Å². The summed E-state index contributed by atoms with van der Waals surface area (Å²) in [6.45, 7) is 1.43. The Morgan fingerprint density at radius 1 is 0.655 bits per heavy atom. The van der Waals surface area contributed by atoms with Crippen LogP contribution in [0, 0.1) is 11.8 Å². The van der Waals surface area contributed by atoms with Gasteiger partial charge in [0.2, 0.25) is 0 Å². The molecule has 0 radical (unpaired) electrons. The van der Waals surface area contributed by atoms with E-state index in [0.29, 0.717) is 26.4 Å². The summed E-state index contributed by atoms with van der Waals surface area (Å²) in [7, 11) is 3.17. The lowest BCUT2D eigenvalue weighted by molar-refractivity contribution is 0.0931. The summed E-state index contributed by atoms with van der Waals surface area (Å²) in [5.41, 5.74) is 0. The maximum atomic E-state index is 11.7. The molecule has 0 saturated heterocycles. The molecule has 2 saturated carbocycles. The van der Waals surface area contributed by atoms with E-state index in [1.54, 1.807) is 14.2 Å². The van der Waals surface area contributed by atoms with Crippen molar-refractivity contribution in [3.8, 4) is 0 Å². The molecule has 168 valence electrons. The second-order valence-corrected chi connectivity index (χ2v) is 8.22. The van der Waals surface area contributed by atoms with E-state index in [4.69, 9.17) is 18.9 Å². The van der Waals surface area contributed by atoms with Crippen LogP contribution >= 0.6 is 0 Å². The molecule has 0 bridgehead atoms. The van der Waals surface area contributed by atoms with E-state index in [1.807, 2.05) is 0 Å². The Kier molecular flexibility index (Phi) is 11.2. The van der Waals surface area contributed by atoms with Gasteiger partial charge in [-0.2, -0.15) is 0 Å². The number of nitrogens with one attached hydrogen (secondary N) is 2. The highest BCUT2D eigenvalue weighted by Gasteiger charge is 2.28. The topological polar surface area (TPSA) is 95.1 Å². The van der Waals surface area contributed by atoms with E-state index in [0.717, 1.165) is 63.2 Å². The van der Waals surface area contributed by atoms with Gasteiger partial charge in [-0.3, -0.25) is 0 Å². The summed E-state index contributed by atoms with van der Waals surface area (Å²) in [6.07, 6.45) is 9.32. The molecule has 0 heterocycles. The van der Waals surface area contributed by atoms with Crippen molar-refractivity contribution in [2.45, 2.75) is 69.9 Å². The molecule has 0 spiro atoms. The van der Waals surface area contributed by atoms with Crippen LogP contribution in [0.1, 0.15) is 57.8 Å². The second-order valence-electron chi connectivity index (χ2n) is 8.22. The van der Waals surface area contributed by atoms with Crippen molar-refractivity contribution in [1.29, 1.82) is 0 Å². The van der Waals surface area contributed by atoms with Crippen molar-refractivity contribution in [2.75, 3.05) is 40.6 Å². The predicted octanol–water partition coefficient (Wildman–Crippen LogP) is 3.24. The molecule has 0 aromatic heterocycles. The third kappa shape index (κ3) is 9.67. The molecule has 2 fully saturated rings. The Morgan fingerprint density at radius 2 is 1.03 bits per heavy atom. The first kappa shape index (κ1) is 23.7. The third-order valence-corrected chi connectivity index (χ3v) is 6.05. The minimum absolute atomic E-state index is 0.227. The second kappa shape index (κ2) is 13.6. The van der Waals surface area contributed by atoms with Crippen LogP contribution in [-0.2, 0) is 18.9 Å². The predicted molar refractivity (Wildman–Crippen MR) is 109 cm³/mol. The number of carbonyl (C=O) groups excluding carboxylic acids is 2. The minimum Gasteiger partial charge on any atom is -0.447 e. The molecule has 0 unspecified atom stereocenters. The fraction of sp³-hybridized carbons (Fsp3) is 0.905. The van der Waals surface area contributed by atoms with Gasteiger partial charge in [-0.15, -0.1) is 0 Å². The van der Waals surface area contributed by atoms with Gasteiger partial charge in [-0.1, -0.05) is 0 Å². The molecular weight excluding hydrogens is 376 g/mol. The fourth-order valence-corrected chi connectivity index (χ4v) is 4.41. The van der Waals surface area contributed by atoms with Crippen molar-refractivity contribution in [3.63, 3.8) is 0 Å². The smallest absolute Gasteiger partial charge is 0.407 e. The molecule has 8 heteroatoms. The molecule has 2 N–H and O–H groups in total. The molecule has 29 heavy (non-hydrogen) atoms. The quantitative estimate of drug-likeness (QED) is 0.533. The molecule has 2 aliphatic rings. The molecular formula is C21H38N2O6. The average Bonchev–Trinajstić information content (AvgIpc) is 2.71. The third-order valence-electron chi connectivity index (χ3n) is 6.05. The molecule has 2 amide bonds. The van der Waals surface area contributed by atoms with E-state index in [-0.39, 0.29) is 24.3 Å². The zero-order valence-electron chi connectivity index (χ0n) is 18.0. The standard InChI is InChI=1S/C21H38N2O6/c1-26-11-13-28-20(24)22-18-7-3-16(4-8-18)15-17-5-9-19(10-6-17)23-21(25)29-14-12-27-2/h16-19H,3-15H2,1-2H3,(H,22,24)(H,23,25). The Bertz CT molecular complexity index is 432. The summed E-state index contributed by atoms with van der Waals surface area (Å²) >= 11 is 0. The number of methoxy groups -OCH3 is 2. The summed E-state index contributed by atoms with van der Waals surface area (Å²) in [6, 6.07) is 0.454. The lowest BCUT2D eigenvalue weighted by atomic mass is 9.76. The molecule has 2 rings (SSSR count). The summed E-state index contributed by atoms with van der Waals surface area (Å²) in [4.78, 5) is 23.5. The van der Waals surface area contributed by atoms with Crippen LogP contribution in [0.3, 0.4) is 0 Å². The highest BCUT2D eigenvalue weighted by Crippen LogP contribution is 2.35. The molecule has 0 atom stereocenters. The number of hydrogen-bond donors (Lipinski definition) is 2. The van der Waals surface area contributed by atoms with Crippen LogP contribution in [0.5, 0.6) is 0 Å². The molecule has 0 aromatic rings. The van der Waals surface area contributed by atoms with Gasteiger partial charge in [0.15, 0.2) is 0 Å². The van der Waals surface area contributed by atoms with E-state index < -0.39 is 0 Å². The van der Waals surface area contributed by atoms with Crippen LogP contribution in [0.2, 0.25) is 0 Å². The first-order chi connectivity index (χ1) is 14.1. The Morgan fingerprint density at radius 3 is 1.38 bits per heavy atom. The number of rotatable bonds is 10. The first-order valence-electron chi connectivity index (χ1n) is 10.9. The van der Waals surface area contributed by atoms with Crippen molar-refractivity contribution in [3.05, 3.63) is 0 Å². The zero-order valence-corrected chi connectivity index (χ0v) is 18.0. The number of amides is 2. The molecule has 8 nitrogen and oxygen atoms in total. The summed E-state index contributed by atoms with van der Waals surface area (Å²) in [5.74, 6) is 1.48. The Hall–Kier alpha value is -1.54. The van der Waals surface area contributed by atoms with Crippen LogP contribution in [0.15, 0.2) is 0 Å². The van der Waals surface area contributed by atoms with Crippen LogP contribution in [-0.4, -0.2) is 64.9 Å². The van der Waals surface area contributed by atoms with E-state index >= 15 is 0 Å². The molecule has 2 aliphatic carbocycles. The molecule has 0 aliphatic heterocycles. The lowest BCUT2D eigenvalue weighted by Gasteiger charge is -2.34. The first-order valence-corrected chi connectivity index (χ1v) is 10.9. The fourth-order valence-electron chi connectivity index (χ4n) is 4.41. The normalized spacial score (nSPS) is 27.1. The lowest BCUT2D eigenvalue weighted by Crippen LogP contribution is -2.39. The van der Waals surface area contributed by atoms with Crippen LogP contribution in [0.4, 0.5) is 9.59 Å². The Balaban J connectivity index is 1.55. The average molecular weight is 415 g/mol. The van der Waals surface area contributed by atoms with Crippen molar-refractivity contribution in [2.24, 2.45) is 11.8 Å². The number of hydrogen-bond acceptors (Lipinski definition) is 6. The molecule has 0 aromatic carbocycles.